The maximum Gasteiger partial charge on any atom is 0.236 e. The summed E-state index contributed by atoms with van der Waals surface area (Å²) < 4.78 is 29.5. The van der Waals surface area contributed by atoms with Gasteiger partial charge >= 0.3 is 0 Å². The monoisotopic (exact) mass is 359 g/mol. The number of nitrogens with one attached hydrogen (secondary N) is 1. The third-order valence-electron chi connectivity index (χ3n) is 6.13. The van der Waals surface area contributed by atoms with Gasteiger partial charge in [-0.2, -0.15) is 0 Å². The van der Waals surface area contributed by atoms with Crippen LogP contribution in [0.2, 0.25) is 0 Å². The number of carbonyl (C=O) groups is 1. The maximum absolute atomic E-state index is 12.7. The fourth-order valence-corrected chi connectivity index (χ4v) is 6.45. The average molecular weight is 359 g/mol. The number of sulfone groups is 1. The highest BCUT2D eigenvalue weighted by atomic mass is 32.2. The topological polar surface area (TPSA) is 102 Å². The van der Waals surface area contributed by atoms with Gasteiger partial charge in [0, 0.05) is 19.1 Å². The van der Waals surface area contributed by atoms with Gasteiger partial charge in [0.15, 0.2) is 9.84 Å². The van der Waals surface area contributed by atoms with E-state index in [1.165, 1.54) is 0 Å². The second-order valence-electron chi connectivity index (χ2n) is 8.03. The predicted molar refractivity (Wildman–Crippen MR) is 91.4 cm³/mol. The van der Waals surface area contributed by atoms with Crippen LogP contribution in [0.3, 0.4) is 0 Å². The van der Waals surface area contributed by atoms with Crippen LogP contribution in [-0.4, -0.2) is 73.1 Å². The molecule has 7 nitrogen and oxygen atoms in total. The molecule has 1 aliphatic carbocycles. The van der Waals surface area contributed by atoms with Gasteiger partial charge in [-0.3, -0.25) is 10.1 Å². The number of hydrogen-bond acceptors (Lipinski definition) is 6. The van der Waals surface area contributed by atoms with Crippen molar-refractivity contribution in [2.24, 2.45) is 5.73 Å². The molecular weight excluding hydrogens is 330 g/mol. The van der Waals surface area contributed by atoms with Crippen molar-refractivity contribution in [3.63, 3.8) is 0 Å². The summed E-state index contributed by atoms with van der Waals surface area (Å²) in [6.07, 6.45) is 2.18. The number of fused-ring (bicyclic) bond motifs is 1. The second-order valence-corrected chi connectivity index (χ2v) is 10.3. The Balaban J connectivity index is 1.61. The summed E-state index contributed by atoms with van der Waals surface area (Å²) in [5.74, 6) is 0.225. The predicted octanol–water partition coefficient (Wildman–Crippen LogP) is -0.349. The Morgan fingerprint density at radius 3 is 2.50 bits per heavy atom. The third kappa shape index (κ3) is 2.77. The molecule has 4 aliphatic rings. The summed E-state index contributed by atoms with van der Waals surface area (Å²) in [6.45, 7) is 7.20. The van der Waals surface area contributed by atoms with E-state index in [0.29, 0.717) is 19.5 Å². The summed E-state index contributed by atoms with van der Waals surface area (Å²) in [6, 6.07) is -0.191. The number of hydrogen-bond donors (Lipinski definition) is 2. The minimum Gasteiger partial charge on any atom is -0.366 e. The molecule has 1 amide bonds. The molecule has 1 saturated carbocycles. The summed E-state index contributed by atoms with van der Waals surface area (Å²) in [5.41, 5.74) is 5.01. The first-order valence-corrected chi connectivity index (χ1v) is 10.5. The zero-order valence-corrected chi connectivity index (χ0v) is 15.6. The van der Waals surface area contributed by atoms with Gasteiger partial charge in [0.2, 0.25) is 5.91 Å². The Morgan fingerprint density at radius 2 is 2.04 bits per heavy atom. The van der Waals surface area contributed by atoms with Crippen molar-refractivity contribution >= 4 is 15.7 Å². The molecule has 3 aliphatic heterocycles. The first-order valence-electron chi connectivity index (χ1n) is 8.73. The molecule has 24 heavy (non-hydrogen) atoms. The van der Waals surface area contributed by atoms with Gasteiger partial charge in [0.05, 0.1) is 34.8 Å². The van der Waals surface area contributed by atoms with Crippen LogP contribution in [0, 0.1) is 0 Å². The molecule has 1 atom stereocenters. The highest BCUT2D eigenvalue weighted by molar-refractivity contribution is 7.91. The lowest BCUT2D eigenvalue weighted by molar-refractivity contribution is -0.132. The fraction of sp³-hybridized carbons (Fsp3) is 0.938. The minimum atomic E-state index is -3.00. The van der Waals surface area contributed by atoms with Crippen molar-refractivity contribution in [1.82, 2.24) is 10.2 Å². The first kappa shape index (κ1) is 18.1. The molecule has 0 aromatic carbocycles. The molecule has 3 saturated heterocycles. The lowest BCUT2D eigenvalue weighted by Crippen LogP contribution is -2.65. The Kier molecular flexibility index (Phi) is 4.26. The van der Waals surface area contributed by atoms with E-state index in [2.05, 4.69) is 5.32 Å². The van der Waals surface area contributed by atoms with E-state index in [9.17, 15) is 13.2 Å². The summed E-state index contributed by atoms with van der Waals surface area (Å²) in [7, 11) is -3.00. The molecule has 2 bridgehead atoms. The molecule has 3 heterocycles. The molecule has 4 rings (SSSR count). The molecule has 8 heteroatoms. The lowest BCUT2D eigenvalue weighted by Gasteiger charge is -2.47. The average Bonchev–Trinajstić information content (AvgIpc) is 2.99. The standard InChI is InChI=1S/C16H29N3O4S/c1-4-19(12-5-6-24(21,22)8-12)13(20)7-18-16-9-15(10-16,11-17)23-14(16,2)3/h12,18H,4-11,17H2,1-3H3. The zero-order chi connectivity index (χ0) is 17.8. The normalized spacial score (nSPS) is 38.8. The van der Waals surface area contributed by atoms with Crippen LogP contribution in [0.1, 0.15) is 40.0 Å². The molecule has 0 aromatic rings. The number of amides is 1. The Morgan fingerprint density at radius 1 is 1.38 bits per heavy atom. The van der Waals surface area contributed by atoms with E-state index < -0.39 is 9.84 Å². The Bertz CT molecular complexity index is 625. The molecular formula is C16H29N3O4S. The summed E-state index contributed by atoms with van der Waals surface area (Å²) >= 11 is 0. The number of nitrogens with zero attached hydrogens (tertiary/aromatic N) is 1. The van der Waals surface area contributed by atoms with Gasteiger partial charge in [-0.25, -0.2) is 8.42 Å². The van der Waals surface area contributed by atoms with Gasteiger partial charge < -0.3 is 15.4 Å². The van der Waals surface area contributed by atoms with Crippen LogP contribution < -0.4 is 11.1 Å². The molecule has 1 unspecified atom stereocenters. The minimum absolute atomic E-state index is 0.0399. The van der Waals surface area contributed by atoms with E-state index in [4.69, 9.17) is 10.5 Å². The highest BCUT2D eigenvalue weighted by Gasteiger charge is 2.70. The van der Waals surface area contributed by atoms with Gasteiger partial charge in [-0.15, -0.1) is 0 Å². The number of carbonyl (C=O) groups excluding carboxylic acids is 1. The zero-order valence-electron chi connectivity index (χ0n) is 14.8. The van der Waals surface area contributed by atoms with Crippen molar-refractivity contribution in [1.29, 1.82) is 0 Å². The van der Waals surface area contributed by atoms with E-state index in [1.54, 1.807) is 4.90 Å². The number of rotatable bonds is 6. The molecule has 0 aromatic heterocycles. The maximum atomic E-state index is 12.7. The van der Waals surface area contributed by atoms with E-state index in [0.717, 1.165) is 12.8 Å². The van der Waals surface area contributed by atoms with Gasteiger partial charge in [0.25, 0.3) is 0 Å². The number of likely N-dealkylation sites (N-methyl/N-ethyl adjacent to an activating group) is 1. The summed E-state index contributed by atoms with van der Waals surface area (Å²) in [4.78, 5) is 14.4. The Labute approximate surface area is 144 Å². The number of ether oxygens (including phenoxy) is 1. The van der Waals surface area contributed by atoms with Crippen LogP contribution >= 0.6 is 0 Å². The summed E-state index contributed by atoms with van der Waals surface area (Å²) in [5, 5.41) is 3.41. The van der Waals surface area contributed by atoms with E-state index >= 15 is 0 Å². The fourth-order valence-electron chi connectivity index (χ4n) is 4.71. The van der Waals surface area contributed by atoms with E-state index in [1.807, 2.05) is 20.8 Å². The highest BCUT2D eigenvalue weighted by Crippen LogP contribution is 2.59. The van der Waals surface area contributed by atoms with Crippen LogP contribution in [-0.2, 0) is 19.4 Å². The molecule has 0 radical (unpaired) electrons. The third-order valence-corrected chi connectivity index (χ3v) is 7.88. The number of nitrogens with two attached hydrogens (primary N) is 1. The van der Waals surface area contributed by atoms with Gasteiger partial charge in [-0.05, 0) is 40.0 Å². The quantitative estimate of drug-likeness (QED) is 0.672. The van der Waals surface area contributed by atoms with Crippen molar-refractivity contribution < 1.29 is 17.9 Å². The van der Waals surface area contributed by atoms with Crippen LogP contribution in [0.4, 0.5) is 0 Å². The first-order chi connectivity index (χ1) is 11.1. The SMILES string of the molecule is CCN(C(=O)CNC12CC(CN)(C1)OC2(C)C)C1CCS(=O)(=O)C1. The molecule has 4 fully saturated rings. The van der Waals surface area contributed by atoms with Crippen LogP contribution in [0.5, 0.6) is 0 Å². The smallest absolute Gasteiger partial charge is 0.236 e. The van der Waals surface area contributed by atoms with E-state index in [-0.39, 0.29) is 46.7 Å². The van der Waals surface area contributed by atoms with Crippen molar-refractivity contribution in [3.05, 3.63) is 0 Å². The van der Waals surface area contributed by atoms with Crippen molar-refractivity contribution in [2.75, 3.05) is 31.1 Å². The van der Waals surface area contributed by atoms with Gasteiger partial charge in [0.1, 0.15) is 0 Å². The molecule has 0 spiro atoms. The largest absolute Gasteiger partial charge is 0.366 e. The molecule has 3 N–H and O–H groups in total. The van der Waals surface area contributed by atoms with Crippen LogP contribution in [0.25, 0.3) is 0 Å². The van der Waals surface area contributed by atoms with Gasteiger partial charge in [-0.1, -0.05) is 0 Å². The Hall–Kier alpha value is -0.700. The molecule has 138 valence electrons. The van der Waals surface area contributed by atoms with Crippen molar-refractivity contribution in [3.8, 4) is 0 Å². The second kappa shape index (κ2) is 5.65. The van der Waals surface area contributed by atoms with Crippen molar-refractivity contribution in [2.45, 2.75) is 62.8 Å². The van der Waals surface area contributed by atoms with Crippen LogP contribution in [0.15, 0.2) is 0 Å². The lowest BCUT2D eigenvalue weighted by atomic mass is 9.62.